The van der Waals surface area contributed by atoms with Gasteiger partial charge in [-0.3, -0.25) is 5.21 Å². The zero-order valence-electron chi connectivity index (χ0n) is 19.9. The van der Waals surface area contributed by atoms with Gasteiger partial charge in [-0.05, 0) is 79.8 Å². The van der Waals surface area contributed by atoms with Crippen molar-refractivity contribution in [3.05, 3.63) is 64.2 Å². The number of aryl methyl sites for hydroxylation is 2. The van der Waals surface area contributed by atoms with E-state index >= 15 is 0 Å². The van der Waals surface area contributed by atoms with E-state index in [1.807, 2.05) is 37.3 Å². The average Bonchev–Trinajstić information content (AvgIpc) is 2.72. The second-order valence-electron chi connectivity index (χ2n) is 9.13. The van der Waals surface area contributed by atoms with E-state index in [9.17, 15) is 5.21 Å². The zero-order valence-corrected chi connectivity index (χ0v) is 20.7. The third-order valence-corrected chi connectivity index (χ3v) is 5.89. The normalized spacial score (nSPS) is 12.4. The minimum Gasteiger partial charge on any atom is -0.383 e. The minimum atomic E-state index is 0.0124. The topological polar surface area (TPSA) is 65.1 Å². The van der Waals surface area contributed by atoms with E-state index in [2.05, 4.69) is 57.6 Å². The number of anilines is 1. The number of likely N-dealkylation sites (N-methyl/N-ethyl adjacent to an activating group) is 1. The van der Waals surface area contributed by atoms with Crippen LogP contribution in [0, 0.1) is 13.8 Å². The highest BCUT2D eigenvalue weighted by Crippen LogP contribution is 2.25. The summed E-state index contributed by atoms with van der Waals surface area (Å²) in [5.74, 6) is 0.276. The average molecular weight is 441 g/mol. The molecule has 0 fully saturated rings. The summed E-state index contributed by atoms with van der Waals surface area (Å²) in [7, 11) is 2.11. The van der Waals surface area contributed by atoms with Crippen LogP contribution in [-0.4, -0.2) is 41.2 Å². The van der Waals surface area contributed by atoms with Crippen LogP contribution in [0.4, 0.5) is 5.69 Å². The Hall–Kier alpha value is -2.28. The van der Waals surface area contributed by atoms with Crippen molar-refractivity contribution < 1.29 is 5.21 Å². The number of hydroxylamine groups is 1. The molecule has 0 saturated carbocycles. The number of aliphatic imine (C=N–C) groups is 1. The Morgan fingerprint density at radius 3 is 2.26 bits per heavy atom. The van der Waals surface area contributed by atoms with E-state index in [1.54, 1.807) is 0 Å². The number of nitrogens with zero attached hydrogens (tertiary/aromatic N) is 3. The lowest BCUT2D eigenvalue weighted by Crippen LogP contribution is -2.28. The Balaban J connectivity index is 2.19. The maximum Gasteiger partial charge on any atom is 0.226 e. The molecule has 2 aromatic carbocycles. The first-order chi connectivity index (χ1) is 14.4. The van der Waals surface area contributed by atoms with Crippen molar-refractivity contribution in [2.45, 2.75) is 53.4 Å². The van der Waals surface area contributed by atoms with Crippen molar-refractivity contribution in [3.8, 4) is 0 Å². The minimum absolute atomic E-state index is 0.0124. The molecular weight excluding hydrogens is 404 g/mol. The van der Waals surface area contributed by atoms with Crippen molar-refractivity contribution in [1.29, 1.82) is 0 Å². The third kappa shape index (κ3) is 6.60. The summed E-state index contributed by atoms with van der Waals surface area (Å²) < 4.78 is 0. The first-order valence-corrected chi connectivity index (χ1v) is 11.1. The second kappa shape index (κ2) is 10.4. The second-order valence-corrected chi connectivity index (χ2v) is 9.49. The number of rotatable bonds is 6. The Labute approximate surface area is 192 Å². The largest absolute Gasteiger partial charge is 0.383 e. The van der Waals surface area contributed by atoms with Crippen molar-refractivity contribution in [2.24, 2.45) is 10.7 Å². The van der Waals surface area contributed by atoms with E-state index in [4.69, 9.17) is 18.0 Å². The van der Waals surface area contributed by atoms with Crippen molar-refractivity contribution in [1.82, 2.24) is 4.90 Å². The fraction of sp³-hybridized carbons (Fsp3) is 0.440. The van der Waals surface area contributed by atoms with Crippen LogP contribution in [0.1, 0.15) is 55.5 Å². The van der Waals surface area contributed by atoms with Gasteiger partial charge >= 0.3 is 0 Å². The first-order valence-electron chi connectivity index (χ1n) is 10.7. The van der Waals surface area contributed by atoms with Gasteiger partial charge in [0.05, 0.1) is 5.69 Å². The Morgan fingerprint density at radius 1 is 1.10 bits per heavy atom. The maximum absolute atomic E-state index is 10.7. The summed E-state index contributed by atoms with van der Waals surface area (Å²) in [4.78, 5) is 6.55. The third-order valence-electron chi connectivity index (χ3n) is 5.63. The summed E-state index contributed by atoms with van der Waals surface area (Å²) in [6.07, 6.45) is 0.961. The Morgan fingerprint density at radius 2 is 1.71 bits per heavy atom. The predicted octanol–water partition coefficient (Wildman–Crippen LogP) is 4.98. The molecule has 0 unspecified atom stereocenters. The molecule has 0 saturated heterocycles. The SMILES string of the molecule is CCN(C)CCc1cc(C)c(N(O)C(=S)/N=C(\N)c2ccc(C(C)(C)C)cc2)cc1C. The van der Waals surface area contributed by atoms with Gasteiger partial charge in [0.1, 0.15) is 5.84 Å². The summed E-state index contributed by atoms with van der Waals surface area (Å²) in [6.45, 7) is 14.7. The van der Waals surface area contributed by atoms with E-state index in [0.717, 1.165) is 41.3 Å². The van der Waals surface area contributed by atoms with Crippen LogP contribution in [0.2, 0.25) is 0 Å². The first kappa shape index (κ1) is 25.0. The number of benzene rings is 2. The molecule has 0 aliphatic heterocycles. The van der Waals surface area contributed by atoms with E-state index in [0.29, 0.717) is 5.69 Å². The molecule has 31 heavy (non-hydrogen) atoms. The van der Waals surface area contributed by atoms with E-state index in [-0.39, 0.29) is 16.4 Å². The Bertz CT molecular complexity index is 945. The van der Waals surface area contributed by atoms with Gasteiger partial charge in [-0.2, -0.15) is 5.06 Å². The smallest absolute Gasteiger partial charge is 0.226 e. The molecule has 0 aliphatic rings. The molecule has 0 radical (unpaired) electrons. The quantitative estimate of drug-likeness (QED) is 0.287. The summed E-state index contributed by atoms with van der Waals surface area (Å²) >= 11 is 5.36. The molecule has 0 aromatic heterocycles. The van der Waals surface area contributed by atoms with Crippen LogP contribution in [0.15, 0.2) is 41.4 Å². The van der Waals surface area contributed by atoms with Crippen LogP contribution < -0.4 is 10.8 Å². The van der Waals surface area contributed by atoms with Gasteiger partial charge in [-0.15, -0.1) is 0 Å². The molecule has 5 nitrogen and oxygen atoms in total. The van der Waals surface area contributed by atoms with Gasteiger partial charge in [0.15, 0.2) is 0 Å². The molecule has 0 aliphatic carbocycles. The number of amidine groups is 1. The highest BCUT2D eigenvalue weighted by Gasteiger charge is 2.16. The molecule has 0 spiro atoms. The molecule has 3 N–H and O–H groups in total. The zero-order chi connectivity index (χ0) is 23.3. The van der Waals surface area contributed by atoms with Crippen molar-refractivity contribution in [3.63, 3.8) is 0 Å². The fourth-order valence-corrected chi connectivity index (χ4v) is 3.48. The lowest BCUT2D eigenvalue weighted by molar-refractivity contribution is 0.313. The van der Waals surface area contributed by atoms with Crippen LogP contribution >= 0.6 is 12.2 Å². The van der Waals surface area contributed by atoms with Gasteiger partial charge < -0.3 is 10.6 Å². The summed E-state index contributed by atoms with van der Waals surface area (Å²) in [5, 5.41) is 11.7. The molecule has 168 valence electrons. The van der Waals surface area contributed by atoms with Gasteiger partial charge in [-0.25, -0.2) is 4.99 Å². The van der Waals surface area contributed by atoms with Crippen molar-refractivity contribution in [2.75, 3.05) is 25.2 Å². The molecule has 2 rings (SSSR count). The molecule has 0 heterocycles. The van der Waals surface area contributed by atoms with E-state index in [1.165, 1.54) is 11.1 Å². The molecule has 2 aromatic rings. The van der Waals surface area contributed by atoms with E-state index < -0.39 is 0 Å². The number of hydrogen-bond acceptors (Lipinski definition) is 3. The molecular formula is C25H36N4OS. The molecule has 0 amide bonds. The van der Waals surface area contributed by atoms with Crippen LogP contribution in [-0.2, 0) is 11.8 Å². The van der Waals surface area contributed by atoms with Crippen LogP contribution in [0.25, 0.3) is 0 Å². The monoisotopic (exact) mass is 440 g/mol. The van der Waals surface area contributed by atoms with Gasteiger partial charge in [0, 0.05) is 12.1 Å². The number of nitrogens with two attached hydrogens (primary N) is 1. The standard InChI is InChI=1S/C25H36N4OS/c1-8-28(7)14-13-20-15-18(3)22(16-17(20)2)29(30)24(31)27-23(26)19-9-11-21(12-10-19)25(4,5)6/h9-12,15-16,30H,8,13-14H2,1-7H3,(H2,26,27,31). The fourth-order valence-electron chi connectivity index (χ4n) is 3.29. The summed E-state index contributed by atoms with van der Waals surface area (Å²) in [5.41, 5.74) is 12.2. The van der Waals surface area contributed by atoms with Gasteiger partial charge in [0.25, 0.3) is 0 Å². The highest BCUT2D eigenvalue weighted by molar-refractivity contribution is 7.80. The van der Waals surface area contributed by atoms with Crippen LogP contribution in [0.3, 0.4) is 0 Å². The predicted molar refractivity (Wildman–Crippen MR) is 136 cm³/mol. The molecule has 0 bridgehead atoms. The van der Waals surface area contributed by atoms with Crippen molar-refractivity contribution >= 4 is 28.9 Å². The Kier molecular flexibility index (Phi) is 8.34. The highest BCUT2D eigenvalue weighted by atomic mass is 32.1. The number of hydrogen-bond donors (Lipinski definition) is 2. The van der Waals surface area contributed by atoms with Crippen LogP contribution in [0.5, 0.6) is 0 Å². The lowest BCUT2D eigenvalue weighted by Gasteiger charge is -2.21. The molecule has 6 heteroatoms. The van der Waals surface area contributed by atoms with Gasteiger partial charge in [0.2, 0.25) is 5.11 Å². The molecule has 0 atom stereocenters. The van der Waals surface area contributed by atoms with Gasteiger partial charge in [-0.1, -0.05) is 58.0 Å². The number of thiocarbonyl (C=S) groups is 1. The lowest BCUT2D eigenvalue weighted by atomic mass is 9.87. The maximum atomic E-state index is 10.7. The summed E-state index contributed by atoms with van der Waals surface area (Å²) in [6, 6.07) is 12.0.